The van der Waals surface area contributed by atoms with Crippen LogP contribution in [0, 0.1) is 6.92 Å². The number of carbonyl (C=O) groups excluding carboxylic acids is 3. The Hall–Kier alpha value is -1.69. The van der Waals surface area contributed by atoms with Crippen LogP contribution in [0.4, 0.5) is 5.00 Å². The minimum absolute atomic E-state index is 0.154. The molecule has 1 rings (SSSR count). The van der Waals surface area contributed by atoms with Gasteiger partial charge in [0.25, 0.3) is 5.91 Å². The van der Waals surface area contributed by atoms with E-state index in [9.17, 15) is 14.4 Å². The Labute approximate surface area is 109 Å². The predicted molar refractivity (Wildman–Crippen MR) is 68.9 cm³/mol. The van der Waals surface area contributed by atoms with Crippen molar-refractivity contribution in [3.8, 4) is 0 Å². The van der Waals surface area contributed by atoms with E-state index in [2.05, 4.69) is 5.32 Å². The number of aryl methyl sites for hydroxylation is 1. The number of esters is 1. The first-order valence-electron chi connectivity index (χ1n) is 5.61. The van der Waals surface area contributed by atoms with E-state index >= 15 is 0 Å². The minimum Gasteiger partial charge on any atom is -0.462 e. The molecule has 1 heterocycles. The van der Waals surface area contributed by atoms with Crippen molar-refractivity contribution in [2.24, 2.45) is 0 Å². The lowest BCUT2D eigenvalue weighted by Gasteiger charge is -1.99. The van der Waals surface area contributed by atoms with Crippen LogP contribution in [0.5, 0.6) is 0 Å². The van der Waals surface area contributed by atoms with Gasteiger partial charge in [-0.2, -0.15) is 0 Å². The van der Waals surface area contributed by atoms with E-state index in [-0.39, 0.29) is 6.42 Å². The smallest absolute Gasteiger partial charge is 0.348 e. The Balaban J connectivity index is 2.81. The lowest BCUT2D eigenvalue weighted by Crippen LogP contribution is -2.21. The fourth-order valence-corrected chi connectivity index (χ4v) is 2.25. The van der Waals surface area contributed by atoms with Gasteiger partial charge in [0.2, 0.25) is 5.78 Å². The maximum Gasteiger partial charge on any atom is 0.348 e. The summed E-state index contributed by atoms with van der Waals surface area (Å²) in [6, 6.07) is 1.65. The molecule has 0 aliphatic carbocycles. The molecule has 6 heteroatoms. The van der Waals surface area contributed by atoms with Crippen molar-refractivity contribution in [3.05, 3.63) is 16.5 Å². The van der Waals surface area contributed by atoms with Gasteiger partial charge in [0.1, 0.15) is 4.88 Å². The number of hydrogen-bond acceptors (Lipinski definition) is 5. The summed E-state index contributed by atoms with van der Waals surface area (Å²) in [7, 11) is 0. The van der Waals surface area contributed by atoms with Crippen LogP contribution in [-0.4, -0.2) is 24.3 Å². The second-order valence-corrected chi connectivity index (χ2v) is 4.63. The lowest BCUT2D eigenvalue weighted by atomic mass is 10.3. The Morgan fingerprint density at radius 3 is 2.56 bits per heavy atom. The van der Waals surface area contributed by atoms with E-state index < -0.39 is 17.7 Å². The average molecular weight is 269 g/mol. The fraction of sp³-hybridized carbons (Fsp3) is 0.417. The van der Waals surface area contributed by atoms with Crippen LogP contribution in [0.25, 0.3) is 0 Å². The number of ketones is 1. The third kappa shape index (κ3) is 3.40. The SMILES string of the molecule is CCOC(=O)c1sc(NC(=O)C(=O)CC)cc1C. The Morgan fingerprint density at radius 2 is 2.00 bits per heavy atom. The number of amides is 1. The molecule has 0 bridgehead atoms. The molecule has 1 N–H and O–H groups in total. The predicted octanol–water partition coefficient (Wildman–Crippen LogP) is 2.15. The topological polar surface area (TPSA) is 72.5 Å². The van der Waals surface area contributed by atoms with Crippen molar-refractivity contribution >= 4 is 34.0 Å². The van der Waals surface area contributed by atoms with Crippen molar-refractivity contribution in [1.29, 1.82) is 0 Å². The third-order valence-electron chi connectivity index (χ3n) is 2.19. The molecule has 0 aliphatic rings. The molecule has 0 aromatic carbocycles. The third-order valence-corrected chi connectivity index (χ3v) is 3.32. The molecule has 5 nitrogen and oxygen atoms in total. The first kappa shape index (κ1) is 14.4. The van der Waals surface area contributed by atoms with E-state index in [1.807, 2.05) is 0 Å². The Bertz CT molecular complexity index is 478. The summed E-state index contributed by atoms with van der Waals surface area (Å²) in [5.74, 6) is -1.56. The van der Waals surface area contributed by atoms with Crippen molar-refractivity contribution in [2.45, 2.75) is 27.2 Å². The molecular formula is C12H15NO4S. The number of thiophene rings is 1. The van der Waals surface area contributed by atoms with Crippen LogP contribution < -0.4 is 5.32 Å². The molecule has 1 aromatic heterocycles. The largest absolute Gasteiger partial charge is 0.462 e. The second kappa shape index (κ2) is 6.30. The Morgan fingerprint density at radius 1 is 1.33 bits per heavy atom. The number of anilines is 1. The highest BCUT2D eigenvalue weighted by Gasteiger charge is 2.17. The number of nitrogens with one attached hydrogen (secondary N) is 1. The summed E-state index contributed by atoms with van der Waals surface area (Å²) in [5.41, 5.74) is 0.720. The maximum absolute atomic E-state index is 11.6. The summed E-state index contributed by atoms with van der Waals surface area (Å²) in [6.45, 7) is 5.39. The van der Waals surface area contributed by atoms with Gasteiger partial charge in [0.05, 0.1) is 11.6 Å². The first-order valence-corrected chi connectivity index (χ1v) is 6.43. The van der Waals surface area contributed by atoms with Crippen molar-refractivity contribution in [3.63, 3.8) is 0 Å². The number of Topliss-reactive ketones (excluding diaryl/α,β-unsaturated/α-hetero) is 1. The van der Waals surface area contributed by atoms with Crippen LogP contribution in [-0.2, 0) is 14.3 Å². The van der Waals surface area contributed by atoms with E-state index in [0.717, 1.165) is 16.9 Å². The van der Waals surface area contributed by atoms with Gasteiger partial charge in [-0.15, -0.1) is 11.3 Å². The molecule has 0 saturated heterocycles. The maximum atomic E-state index is 11.6. The molecule has 0 aliphatic heterocycles. The van der Waals surface area contributed by atoms with Gasteiger partial charge >= 0.3 is 5.97 Å². The highest BCUT2D eigenvalue weighted by molar-refractivity contribution is 7.18. The quantitative estimate of drug-likeness (QED) is 0.656. The Kier molecular flexibility index (Phi) is 5.03. The molecule has 18 heavy (non-hydrogen) atoms. The van der Waals surface area contributed by atoms with Gasteiger partial charge in [-0.05, 0) is 25.5 Å². The van der Waals surface area contributed by atoms with Crippen LogP contribution in [0.3, 0.4) is 0 Å². The molecule has 0 atom stereocenters. The van der Waals surface area contributed by atoms with Crippen LogP contribution in [0.2, 0.25) is 0 Å². The van der Waals surface area contributed by atoms with Crippen LogP contribution in [0.1, 0.15) is 35.5 Å². The van der Waals surface area contributed by atoms with Gasteiger partial charge in [-0.1, -0.05) is 6.92 Å². The van der Waals surface area contributed by atoms with Crippen molar-refractivity contribution in [2.75, 3.05) is 11.9 Å². The zero-order chi connectivity index (χ0) is 13.7. The highest BCUT2D eigenvalue weighted by Crippen LogP contribution is 2.27. The van der Waals surface area contributed by atoms with Gasteiger partial charge in [0.15, 0.2) is 0 Å². The van der Waals surface area contributed by atoms with E-state index in [4.69, 9.17) is 4.74 Å². The van der Waals surface area contributed by atoms with Gasteiger partial charge in [0, 0.05) is 6.42 Å². The summed E-state index contributed by atoms with van der Waals surface area (Å²) < 4.78 is 4.89. The van der Waals surface area contributed by atoms with Crippen LogP contribution >= 0.6 is 11.3 Å². The summed E-state index contributed by atoms with van der Waals surface area (Å²) in [4.78, 5) is 34.5. The summed E-state index contributed by atoms with van der Waals surface area (Å²) in [6.07, 6.45) is 0.154. The molecule has 0 spiro atoms. The van der Waals surface area contributed by atoms with Crippen LogP contribution in [0.15, 0.2) is 6.07 Å². The average Bonchev–Trinajstić information content (AvgIpc) is 2.69. The fourth-order valence-electron chi connectivity index (χ4n) is 1.29. The lowest BCUT2D eigenvalue weighted by molar-refractivity contribution is -0.134. The van der Waals surface area contributed by atoms with Crippen molar-refractivity contribution in [1.82, 2.24) is 0 Å². The molecule has 0 saturated carbocycles. The second-order valence-electron chi connectivity index (χ2n) is 3.57. The number of hydrogen-bond donors (Lipinski definition) is 1. The van der Waals surface area contributed by atoms with E-state index in [0.29, 0.717) is 16.5 Å². The summed E-state index contributed by atoms with van der Waals surface area (Å²) >= 11 is 1.11. The standard InChI is InChI=1S/C12H15NO4S/c1-4-8(14)11(15)13-9-6-7(3)10(18-9)12(16)17-5-2/h6H,4-5H2,1-3H3,(H,13,15). The molecule has 1 aromatic rings. The van der Waals surface area contributed by atoms with E-state index in [1.165, 1.54) is 0 Å². The molecule has 0 unspecified atom stereocenters. The normalized spacial score (nSPS) is 9.94. The van der Waals surface area contributed by atoms with Gasteiger partial charge in [-0.25, -0.2) is 4.79 Å². The number of ether oxygens (including phenoxy) is 1. The first-order chi connectivity index (χ1) is 8.49. The number of carbonyl (C=O) groups is 3. The zero-order valence-electron chi connectivity index (χ0n) is 10.5. The van der Waals surface area contributed by atoms with E-state index in [1.54, 1.807) is 26.8 Å². The molecule has 0 radical (unpaired) electrons. The highest BCUT2D eigenvalue weighted by atomic mass is 32.1. The number of rotatable bonds is 5. The summed E-state index contributed by atoms with van der Waals surface area (Å²) in [5, 5.41) is 2.95. The molecule has 98 valence electrons. The monoisotopic (exact) mass is 269 g/mol. The molecule has 1 amide bonds. The van der Waals surface area contributed by atoms with Gasteiger partial charge < -0.3 is 10.1 Å². The zero-order valence-corrected chi connectivity index (χ0v) is 11.3. The van der Waals surface area contributed by atoms with Gasteiger partial charge in [-0.3, -0.25) is 9.59 Å². The molecule has 0 fully saturated rings. The molecular weight excluding hydrogens is 254 g/mol. The van der Waals surface area contributed by atoms with Crippen molar-refractivity contribution < 1.29 is 19.1 Å². The minimum atomic E-state index is -0.658.